The van der Waals surface area contributed by atoms with Crippen molar-refractivity contribution in [1.29, 1.82) is 0 Å². The number of rotatable bonds is 5. The lowest BCUT2D eigenvalue weighted by Crippen LogP contribution is -2.41. The van der Waals surface area contributed by atoms with E-state index in [1.807, 2.05) is 12.1 Å². The van der Waals surface area contributed by atoms with E-state index in [9.17, 15) is 9.36 Å². The molecule has 2 atom stereocenters. The Balaban J connectivity index is 2.82. The molecule has 1 rings (SSSR count). The van der Waals surface area contributed by atoms with E-state index in [4.69, 9.17) is 15.6 Å². The molecule has 0 bridgehead atoms. The Labute approximate surface area is 114 Å². The Bertz CT molecular complexity index is 453. The number of nitrogens with two attached hydrogens (primary N) is 1. The molecule has 0 amide bonds. The van der Waals surface area contributed by atoms with E-state index in [0.29, 0.717) is 5.75 Å². The third-order valence-corrected chi connectivity index (χ3v) is 3.31. The number of aliphatic carboxylic acids is 1. The second-order valence-electron chi connectivity index (χ2n) is 5.25. The molecule has 19 heavy (non-hydrogen) atoms. The highest BCUT2D eigenvalue weighted by atomic mass is 31.1. The van der Waals surface area contributed by atoms with E-state index in [-0.39, 0.29) is 5.41 Å². The summed E-state index contributed by atoms with van der Waals surface area (Å²) in [5.41, 5.74) is 6.53. The van der Waals surface area contributed by atoms with Gasteiger partial charge in [0.05, 0.1) is 0 Å². The fraction of sp³-hybridized carbons (Fsp3) is 0.462. The van der Waals surface area contributed by atoms with Crippen LogP contribution < -0.4 is 10.5 Å². The van der Waals surface area contributed by atoms with E-state index in [0.717, 1.165) is 5.56 Å². The number of hydrogen-bond acceptors (Lipinski definition) is 4. The van der Waals surface area contributed by atoms with Crippen molar-refractivity contribution < 1.29 is 19.2 Å². The van der Waals surface area contributed by atoms with Crippen molar-refractivity contribution in [2.75, 3.05) is 0 Å². The Kier molecular flexibility index (Phi) is 5.04. The molecule has 0 spiro atoms. The molecule has 6 heteroatoms. The lowest BCUT2D eigenvalue weighted by Gasteiger charge is -2.20. The van der Waals surface area contributed by atoms with Gasteiger partial charge in [-0.25, -0.2) is 0 Å². The highest BCUT2D eigenvalue weighted by molar-refractivity contribution is 7.24. The van der Waals surface area contributed by atoms with Gasteiger partial charge in [-0.05, 0) is 23.1 Å². The fourth-order valence-corrected chi connectivity index (χ4v) is 1.88. The van der Waals surface area contributed by atoms with Crippen molar-refractivity contribution in [3.8, 4) is 5.75 Å². The van der Waals surface area contributed by atoms with Crippen LogP contribution in [-0.4, -0.2) is 23.0 Å². The van der Waals surface area contributed by atoms with Crippen LogP contribution in [0.3, 0.4) is 0 Å². The molecule has 1 aromatic rings. The van der Waals surface area contributed by atoms with Gasteiger partial charge in [0.2, 0.25) is 14.3 Å². The van der Waals surface area contributed by atoms with Crippen molar-refractivity contribution in [2.45, 2.75) is 38.1 Å². The first-order chi connectivity index (χ1) is 8.75. The summed E-state index contributed by atoms with van der Waals surface area (Å²) in [6.07, 6.45) is 0. The molecule has 5 nitrogen and oxygen atoms in total. The summed E-state index contributed by atoms with van der Waals surface area (Å²) in [7, 11) is -0.456. The van der Waals surface area contributed by atoms with E-state index in [2.05, 4.69) is 20.8 Å². The molecule has 0 fully saturated rings. The predicted octanol–water partition coefficient (Wildman–Crippen LogP) is 2.39. The highest BCUT2D eigenvalue weighted by Crippen LogP contribution is 2.26. The molecule has 104 valence electrons. The van der Waals surface area contributed by atoms with Gasteiger partial charge in [0.15, 0.2) is 6.04 Å². The van der Waals surface area contributed by atoms with Gasteiger partial charge in [0, 0.05) is 0 Å². The van der Waals surface area contributed by atoms with Crippen LogP contribution in [0.15, 0.2) is 24.3 Å². The topological polar surface area (TPSA) is 89.6 Å². The Morgan fingerprint density at radius 1 is 1.32 bits per heavy atom. The summed E-state index contributed by atoms with van der Waals surface area (Å²) in [5.74, 6) is -1.91. The zero-order valence-electron chi connectivity index (χ0n) is 11.2. The quantitative estimate of drug-likeness (QED) is 0.810. The zero-order chi connectivity index (χ0) is 14.6. The molecule has 1 unspecified atom stereocenters. The Morgan fingerprint density at radius 2 is 1.84 bits per heavy atom. The fourth-order valence-electron chi connectivity index (χ4n) is 1.46. The molecule has 0 radical (unpaired) electrons. The van der Waals surface area contributed by atoms with Crippen LogP contribution in [-0.2, 0) is 14.8 Å². The minimum atomic E-state index is -1.33. The second-order valence-corrected chi connectivity index (χ2v) is 5.97. The maximum Gasteiger partial charge on any atom is 0.325 e. The molecule has 0 saturated carbocycles. The number of carboxylic acids is 1. The third-order valence-electron chi connectivity index (χ3n) is 2.67. The van der Waals surface area contributed by atoms with Crippen LogP contribution in [0.2, 0.25) is 0 Å². The van der Waals surface area contributed by atoms with Crippen molar-refractivity contribution >= 4 is 14.4 Å². The first-order valence-electron chi connectivity index (χ1n) is 5.84. The van der Waals surface area contributed by atoms with Crippen molar-refractivity contribution in [1.82, 2.24) is 0 Å². The number of benzene rings is 1. The van der Waals surface area contributed by atoms with Crippen LogP contribution in [0.4, 0.5) is 0 Å². The van der Waals surface area contributed by atoms with E-state index < -0.39 is 26.3 Å². The molecular weight excluding hydrogens is 265 g/mol. The van der Waals surface area contributed by atoms with Gasteiger partial charge in [-0.3, -0.25) is 9.36 Å². The van der Waals surface area contributed by atoms with Gasteiger partial charge in [-0.15, -0.1) is 0 Å². The summed E-state index contributed by atoms with van der Waals surface area (Å²) < 4.78 is 16.2. The van der Waals surface area contributed by atoms with Crippen molar-refractivity contribution in [3.05, 3.63) is 29.8 Å². The Morgan fingerprint density at radius 3 is 2.21 bits per heavy atom. The van der Waals surface area contributed by atoms with Gasteiger partial charge in [0.1, 0.15) is 5.75 Å². The van der Waals surface area contributed by atoms with Crippen molar-refractivity contribution in [3.63, 3.8) is 0 Å². The standard InChI is InChI=1S/C13H18NO4P/c1-13(2,3)8-4-6-9(7-5-8)18-12(19-17)10(14)11(15)16/h4-7,10,12H,14H2,1-3H3,(H,15,16)/t10-,12?/m1/s1. The molecule has 3 N–H and O–H groups in total. The van der Waals surface area contributed by atoms with Crippen LogP contribution >= 0.6 is 8.46 Å². The average Bonchev–Trinajstić information content (AvgIpc) is 2.34. The lowest BCUT2D eigenvalue weighted by molar-refractivity contribution is -0.139. The second kappa shape index (κ2) is 6.13. The molecular formula is C13H18NO4P. The monoisotopic (exact) mass is 283 g/mol. The summed E-state index contributed by atoms with van der Waals surface area (Å²) in [4.78, 5) is 10.7. The maximum absolute atomic E-state index is 10.9. The number of carbonyl (C=O) groups is 1. The first-order valence-corrected chi connectivity index (χ1v) is 6.72. The molecule has 0 saturated heterocycles. The smallest absolute Gasteiger partial charge is 0.325 e. The van der Waals surface area contributed by atoms with Gasteiger partial charge in [-0.2, -0.15) is 0 Å². The summed E-state index contributed by atoms with van der Waals surface area (Å²) in [6, 6.07) is 5.88. The molecule has 0 heterocycles. The number of ether oxygens (including phenoxy) is 1. The predicted molar refractivity (Wildman–Crippen MR) is 72.8 cm³/mol. The average molecular weight is 283 g/mol. The summed E-state index contributed by atoms with van der Waals surface area (Å²) in [5, 5.41) is 8.76. The van der Waals surface area contributed by atoms with Crippen LogP contribution in [0.25, 0.3) is 0 Å². The number of carboxylic acid groups (broad SMARTS) is 1. The normalized spacial score (nSPS) is 14.9. The molecule has 0 aliphatic heterocycles. The molecule has 0 aliphatic carbocycles. The van der Waals surface area contributed by atoms with Crippen molar-refractivity contribution in [2.24, 2.45) is 5.73 Å². The zero-order valence-corrected chi connectivity index (χ0v) is 12.1. The molecule has 0 aromatic heterocycles. The maximum atomic E-state index is 10.9. The third kappa shape index (κ3) is 4.30. The minimum absolute atomic E-state index is 0.0200. The van der Waals surface area contributed by atoms with Gasteiger partial charge < -0.3 is 15.6 Å². The largest absolute Gasteiger partial charge is 0.480 e. The van der Waals surface area contributed by atoms with E-state index in [1.165, 1.54) is 0 Å². The number of hydrogen-bond donors (Lipinski definition) is 2. The van der Waals surface area contributed by atoms with Crippen LogP contribution in [0, 0.1) is 0 Å². The van der Waals surface area contributed by atoms with E-state index >= 15 is 0 Å². The molecule has 0 aliphatic rings. The molecule has 1 aromatic carbocycles. The van der Waals surface area contributed by atoms with Gasteiger partial charge >= 0.3 is 5.97 Å². The van der Waals surface area contributed by atoms with Crippen LogP contribution in [0.1, 0.15) is 26.3 Å². The minimum Gasteiger partial charge on any atom is -0.480 e. The van der Waals surface area contributed by atoms with Crippen LogP contribution in [0.5, 0.6) is 5.75 Å². The lowest BCUT2D eigenvalue weighted by atomic mass is 9.87. The van der Waals surface area contributed by atoms with E-state index in [1.54, 1.807) is 12.1 Å². The summed E-state index contributed by atoms with van der Waals surface area (Å²) in [6.45, 7) is 6.26. The highest BCUT2D eigenvalue weighted by Gasteiger charge is 2.26. The van der Waals surface area contributed by atoms with Gasteiger partial charge in [0.25, 0.3) is 0 Å². The Hall–Kier alpha value is -1.45. The summed E-state index contributed by atoms with van der Waals surface area (Å²) >= 11 is 0. The SMILES string of the molecule is CC(C)(C)c1ccc(OC(P=O)[C@H](N)C(=O)O)cc1. The first kappa shape index (κ1) is 15.6. The van der Waals surface area contributed by atoms with Gasteiger partial charge in [-0.1, -0.05) is 32.9 Å².